The van der Waals surface area contributed by atoms with Crippen LogP contribution in [0.15, 0.2) is 53.8 Å². The summed E-state index contributed by atoms with van der Waals surface area (Å²) in [4.78, 5) is 23.9. The Morgan fingerprint density at radius 1 is 1.24 bits per heavy atom. The number of esters is 1. The van der Waals surface area contributed by atoms with Crippen molar-refractivity contribution < 1.29 is 9.53 Å². The van der Waals surface area contributed by atoms with Gasteiger partial charge in [0.1, 0.15) is 5.75 Å². The third-order valence-corrected chi connectivity index (χ3v) is 4.54. The zero-order valence-electron chi connectivity index (χ0n) is 11.4. The summed E-state index contributed by atoms with van der Waals surface area (Å²) in [6, 6.07) is 10.9. The van der Waals surface area contributed by atoms with E-state index in [9.17, 15) is 9.59 Å². The maximum Gasteiger partial charge on any atom is 0.335 e. The Kier molecular flexibility index (Phi) is 3.31. The molecule has 0 aliphatic rings. The SMILES string of the molecule is C=CC(=O)Oc1cc(C)c2sc3ccccc3c(=O)c2c1. The minimum atomic E-state index is -0.536. The molecule has 0 bridgehead atoms. The van der Waals surface area contributed by atoms with Gasteiger partial charge in [-0.05, 0) is 36.8 Å². The maximum atomic E-state index is 12.6. The van der Waals surface area contributed by atoms with E-state index in [0.29, 0.717) is 16.5 Å². The molecule has 0 saturated heterocycles. The van der Waals surface area contributed by atoms with Gasteiger partial charge in [0.05, 0.1) is 0 Å². The summed E-state index contributed by atoms with van der Waals surface area (Å²) in [5, 5.41) is 1.26. The third-order valence-electron chi connectivity index (χ3n) is 3.22. The van der Waals surface area contributed by atoms with Crippen LogP contribution in [0, 0.1) is 6.92 Å². The highest BCUT2D eigenvalue weighted by molar-refractivity contribution is 7.24. The van der Waals surface area contributed by atoms with Crippen molar-refractivity contribution >= 4 is 37.5 Å². The smallest absolute Gasteiger partial charge is 0.335 e. The van der Waals surface area contributed by atoms with Crippen LogP contribution < -0.4 is 10.2 Å². The molecule has 0 fully saturated rings. The van der Waals surface area contributed by atoms with Crippen LogP contribution in [0.25, 0.3) is 20.2 Å². The molecule has 0 saturated carbocycles. The van der Waals surface area contributed by atoms with Crippen molar-refractivity contribution in [3.05, 3.63) is 64.8 Å². The monoisotopic (exact) mass is 296 g/mol. The number of aryl methyl sites for hydroxylation is 1. The van der Waals surface area contributed by atoms with Crippen molar-refractivity contribution in [2.24, 2.45) is 0 Å². The van der Waals surface area contributed by atoms with Crippen LogP contribution in [0.5, 0.6) is 5.75 Å². The van der Waals surface area contributed by atoms with Gasteiger partial charge in [-0.25, -0.2) is 4.79 Å². The van der Waals surface area contributed by atoms with Crippen LogP contribution in [0.1, 0.15) is 5.56 Å². The highest BCUT2D eigenvalue weighted by Gasteiger charge is 2.11. The summed E-state index contributed by atoms with van der Waals surface area (Å²) in [5.74, 6) is -0.171. The van der Waals surface area contributed by atoms with E-state index in [2.05, 4.69) is 6.58 Å². The lowest BCUT2D eigenvalue weighted by atomic mass is 10.1. The number of ether oxygens (including phenoxy) is 1. The first-order chi connectivity index (χ1) is 10.1. The van der Waals surface area contributed by atoms with Gasteiger partial charge in [-0.3, -0.25) is 4.79 Å². The quantitative estimate of drug-likeness (QED) is 0.312. The molecule has 0 aliphatic carbocycles. The molecule has 0 amide bonds. The number of rotatable bonds is 2. The second kappa shape index (κ2) is 5.14. The summed E-state index contributed by atoms with van der Waals surface area (Å²) in [6.07, 6.45) is 1.10. The van der Waals surface area contributed by atoms with Gasteiger partial charge in [-0.1, -0.05) is 18.7 Å². The summed E-state index contributed by atoms with van der Waals surface area (Å²) in [6.45, 7) is 5.27. The van der Waals surface area contributed by atoms with Gasteiger partial charge in [0, 0.05) is 26.2 Å². The van der Waals surface area contributed by atoms with Crippen molar-refractivity contribution in [1.29, 1.82) is 0 Å². The molecule has 3 nitrogen and oxygen atoms in total. The Morgan fingerprint density at radius 2 is 2.00 bits per heavy atom. The molecule has 4 heteroatoms. The van der Waals surface area contributed by atoms with Crippen molar-refractivity contribution in [3.8, 4) is 5.75 Å². The van der Waals surface area contributed by atoms with E-state index < -0.39 is 5.97 Å². The molecule has 0 atom stereocenters. The van der Waals surface area contributed by atoms with Crippen LogP contribution in [-0.4, -0.2) is 5.97 Å². The first-order valence-corrected chi connectivity index (χ1v) is 7.22. The molecule has 1 heterocycles. The fourth-order valence-electron chi connectivity index (χ4n) is 2.26. The molecule has 0 unspecified atom stereocenters. The Balaban J connectivity index is 2.33. The van der Waals surface area contributed by atoms with Gasteiger partial charge in [-0.15, -0.1) is 11.3 Å². The Bertz CT molecular complexity index is 938. The third kappa shape index (κ3) is 2.34. The first kappa shape index (κ1) is 13.5. The van der Waals surface area contributed by atoms with Crippen molar-refractivity contribution in [2.75, 3.05) is 0 Å². The molecule has 2 aromatic carbocycles. The molecule has 3 rings (SSSR count). The van der Waals surface area contributed by atoms with Crippen LogP contribution in [0.3, 0.4) is 0 Å². The molecule has 3 aromatic rings. The van der Waals surface area contributed by atoms with E-state index in [1.165, 1.54) is 0 Å². The zero-order valence-corrected chi connectivity index (χ0v) is 12.2. The average molecular weight is 296 g/mol. The Morgan fingerprint density at radius 3 is 2.76 bits per heavy atom. The van der Waals surface area contributed by atoms with Gasteiger partial charge in [0.2, 0.25) is 0 Å². The fraction of sp³-hybridized carbons (Fsp3) is 0.0588. The van der Waals surface area contributed by atoms with Gasteiger partial charge >= 0.3 is 5.97 Å². The van der Waals surface area contributed by atoms with Crippen LogP contribution in [0.4, 0.5) is 0 Å². The van der Waals surface area contributed by atoms with E-state index in [1.54, 1.807) is 23.5 Å². The van der Waals surface area contributed by atoms with E-state index in [4.69, 9.17) is 4.74 Å². The summed E-state index contributed by atoms with van der Waals surface area (Å²) in [5.41, 5.74) is 0.867. The maximum absolute atomic E-state index is 12.6. The van der Waals surface area contributed by atoms with E-state index >= 15 is 0 Å². The van der Waals surface area contributed by atoms with Crippen molar-refractivity contribution in [1.82, 2.24) is 0 Å². The molecule has 1 aromatic heterocycles. The van der Waals surface area contributed by atoms with Gasteiger partial charge < -0.3 is 4.74 Å². The second-order valence-electron chi connectivity index (χ2n) is 4.67. The standard InChI is InChI=1S/C17H12O3S/c1-3-15(18)20-11-8-10(2)17-13(9-11)16(19)12-6-4-5-7-14(12)21-17/h3-9H,1H2,2H3. The molecule has 0 radical (unpaired) electrons. The normalized spacial score (nSPS) is 10.7. The lowest BCUT2D eigenvalue weighted by molar-refractivity contribution is -0.128. The van der Waals surface area contributed by atoms with E-state index in [-0.39, 0.29) is 5.43 Å². The molecule has 0 N–H and O–H groups in total. The van der Waals surface area contributed by atoms with Crippen LogP contribution in [0.2, 0.25) is 0 Å². The number of benzene rings is 2. The second-order valence-corrected chi connectivity index (χ2v) is 5.72. The van der Waals surface area contributed by atoms with Crippen LogP contribution >= 0.6 is 11.3 Å². The predicted octanol–water partition coefficient (Wildman–Crippen LogP) is 3.81. The topological polar surface area (TPSA) is 43.4 Å². The Hall–Kier alpha value is -2.46. The lowest BCUT2D eigenvalue weighted by Crippen LogP contribution is -2.06. The van der Waals surface area contributed by atoms with Gasteiger partial charge in [0.15, 0.2) is 5.43 Å². The molecule has 21 heavy (non-hydrogen) atoms. The Labute approximate surface area is 125 Å². The molecule has 104 valence electrons. The fourth-order valence-corrected chi connectivity index (χ4v) is 3.38. The van der Waals surface area contributed by atoms with E-state index in [1.807, 2.05) is 31.2 Å². The lowest BCUT2D eigenvalue weighted by Gasteiger charge is -2.07. The summed E-state index contributed by atoms with van der Waals surface area (Å²) in [7, 11) is 0. The van der Waals surface area contributed by atoms with E-state index in [0.717, 1.165) is 21.0 Å². The molecule has 0 aliphatic heterocycles. The predicted molar refractivity (Wildman–Crippen MR) is 86.2 cm³/mol. The van der Waals surface area contributed by atoms with Crippen LogP contribution in [-0.2, 0) is 4.79 Å². The molecular weight excluding hydrogens is 284 g/mol. The minimum Gasteiger partial charge on any atom is -0.423 e. The average Bonchev–Trinajstić information content (AvgIpc) is 2.49. The van der Waals surface area contributed by atoms with Crippen molar-refractivity contribution in [2.45, 2.75) is 6.92 Å². The van der Waals surface area contributed by atoms with Crippen molar-refractivity contribution in [3.63, 3.8) is 0 Å². The number of carbonyl (C=O) groups is 1. The highest BCUT2D eigenvalue weighted by Crippen LogP contribution is 2.30. The largest absolute Gasteiger partial charge is 0.423 e. The van der Waals surface area contributed by atoms with Gasteiger partial charge in [-0.2, -0.15) is 0 Å². The zero-order chi connectivity index (χ0) is 15.0. The number of carbonyl (C=O) groups excluding carboxylic acids is 1. The number of hydrogen-bond donors (Lipinski definition) is 0. The summed E-state index contributed by atoms with van der Waals surface area (Å²) >= 11 is 1.56. The summed E-state index contributed by atoms with van der Waals surface area (Å²) < 4.78 is 6.99. The number of fused-ring (bicyclic) bond motifs is 2. The first-order valence-electron chi connectivity index (χ1n) is 6.40. The molecular formula is C17H12O3S. The number of hydrogen-bond acceptors (Lipinski definition) is 4. The molecule has 0 spiro atoms. The van der Waals surface area contributed by atoms with Gasteiger partial charge in [0.25, 0.3) is 0 Å². The minimum absolute atomic E-state index is 0.0426. The highest BCUT2D eigenvalue weighted by atomic mass is 32.1.